The smallest absolute Gasteiger partial charge is 0.303 e. The van der Waals surface area contributed by atoms with E-state index in [2.05, 4.69) is 76.8 Å². The Morgan fingerprint density at radius 3 is 2.23 bits per heavy atom. The SMILES string of the molecule is CC(C)c1ccc(-n2c(CCC(=O)O)ccc2-c2ccc(Br)cc2)cc1. The Labute approximate surface area is 162 Å². The fourth-order valence-electron chi connectivity index (χ4n) is 3.07. The number of halogens is 1. The molecule has 2 aromatic carbocycles. The average Bonchev–Trinajstić information content (AvgIpc) is 3.04. The van der Waals surface area contributed by atoms with E-state index in [1.54, 1.807) is 0 Å². The van der Waals surface area contributed by atoms with Gasteiger partial charge in [-0.25, -0.2) is 0 Å². The van der Waals surface area contributed by atoms with Gasteiger partial charge < -0.3 is 9.67 Å². The predicted octanol–water partition coefficient (Wildman–Crippen LogP) is 6.05. The summed E-state index contributed by atoms with van der Waals surface area (Å²) in [5.74, 6) is -0.302. The van der Waals surface area contributed by atoms with Crippen LogP contribution in [0.25, 0.3) is 16.9 Å². The van der Waals surface area contributed by atoms with Crippen molar-refractivity contribution in [2.75, 3.05) is 0 Å². The van der Waals surface area contributed by atoms with E-state index in [1.165, 1.54) is 5.56 Å². The number of nitrogens with zero attached hydrogens (tertiary/aromatic N) is 1. The number of aromatic nitrogens is 1. The minimum Gasteiger partial charge on any atom is -0.481 e. The van der Waals surface area contributed by atoms with Gasteiger partial charge in [0.1, 0.15) is 0 Å². The fourth-order valence-corrected chi connectivity index (χ4v) is 3.33. The third-order valence-electron chi connectivity index (χ3n) is 4.51. The molecule has 0 aliphatic heterocycles. The normalized spacial score (nSPS) is 11.1. The molecule has 0 radical (unpaired) electrons. The van der Waals surface area contributed by atoms with Gasteiger partial charge in [0.2, 0.25) is 0 Å². The van der Waals surface area contributed by atoms with E-state index in [1.807, 2.05) is 18.2 Å². The van der Waals surface area contributed by atoms with Crippen LogP contribution in [0.15, 0.2) is 65.1 Å². The van der Waals surface area contributed by atoms with Gasteiger partial charge in [-0.3, -0.25) is 4.79 Å². The van der Waals surface area contributed by atoms with Crippen LogP contribution < -0.4 is 0 Å². The van der Waals surface area contributed by atoms with Crippen molar-refractivity contribution >= 4 is 21.9 Å². The lowest BCUT2D eigenvalue weighted by molar-refractivity contribution is -0.136. The van der Waals surface area contributed by atoms with Crippen molar-refractivity contribution in [3.05, 3.63) is 76.4 Å². The zero-order valence-electron chi connectivity index (χ0n) is 14.9. The van der Waals surface area contributed by atoms with Crippen molar-refractivity contribution in [1.29, 1.82) is 0 Å². The highest BCUT2D eigenvalue weighted by atomic mass is 79.9. The number of benzene rings is 2. The van der Waals surface area contributed by atoms with Crippen molar-refractivity contribution in [2.24, 2.45) is 0 Å². The molecular formula is C22H22BrNO2. The Hall–Kier alpha value is -2.33. The van der Waals surface area contributed by atoms with E-state index in [4.69, 9.17) is 5.11 Å². The summed E-state index contributed by atoms with van der Waals surface area (Å²) in [6, 6.07) is 20.8. The Bertz CT molecular complexity index is 893. The topological polar surface area (TPSA) is 42.2 Å². The highest BCUT2D eigenvalue weighted by molar-refractivity contribution is 9.10. The first-order chi connectivity index (χ1) is 12.5. The Morgan fingerprint density at radius 1 is 1.00 bits per heavy atom. The number of hydrogen-bond donors (Lipinski definition) is 1. The molecule has 1 aromatic heterocycles. The molecule has 4 heteroatoms. The lowest BCUT2D eigenvalue weighted by Gasteiger charge is -2.15. The van der Waals surface area contributed by atoms with E-state index < -0.39 is 5.97 Å². The number of hydrogen-bond acceptors (Lipinski definition) is 1. The largest absolute Gasteiger partial charge is 0.481 e. The summed E-state index contributed by atoms with van der Waals surface area (Å²) in [5.41, 5.74) is 5.51. The minimum absolute atomic E-state index is 0.119. The van der Waals surface area contributed by atoms with Gasteiger partial charge in [0.05, 0.1) is 12.1 Å². The predicted molar refractivity (Wildman–Crippen MR) is 109 cm³/mol. The van der Waals surface area contributed by atoms with Crippen molar-refractivity contribution in [1.82, 2.24) is 4.57 Å². The fraction of sp³-hybridized carbons (Fsp3) is 0.227. The van der Waals surface area contributed by atoms with Gasteiger partial charge in [-0.05, 0) is 59.9 Å². The third-order valence-corrected chi connectivity index (χ3v) is 5.04. The molecule has 0 unspecified atom stereocenters. The van der Waals surface area contributed by atoms with Gasteiger partial charge >= 0.3 is 5.97 Å². The molecule has 3 nitrogen and oxygen atoms in total. The number of aliphatic carboxylic acids is 1. The van der Waals surface area contributed by atoms with E-state index in [9.17, 15) is 4.79 Å². The first-order valence-corrected chi connectivity index (χ1v) is 9.53. The maximum absolute atomic E-state index is 11.0. The highest BCUT2D eigenvalue weighted by Gasteiger charge is 2.13. The standard InChI is InChI=1S/C22H22BrNO2/c1-15(2)16-5-9-19(10-6-16)24-20(12-14-22(25)26)11-13-21(24)17-3-7-18(23)8-4-17/h3-11,13,15H,12,14H2,1-2H3,(H,25,26). The van der Waals surface area contributed by atoms with E-state index >= 15 is 0 Å². The molecule has 0 fully saturated rings. The van der Waals surface area contributed by atoms with Gasteiger partial charge in [-0.15, -0.1) is 0 Å². The second kappa shape index (κ2) is 7.92. The van der Waals surface area contributed by atoms with Crippen molar-refractivity contribution in [3.8, 4) is 16.9 Å². The van der Waals surface area contributed by atoms with Gasteiger partial charge in [0, 0.05) is 15.9 Å². The van der Waals surface area contributed by atoms with E-state index in [0.29, 0.717) is 12.3 Å². The number of aryl methyl sites for hydroxylation is 1. The van der Waals surface area contributed by atoms with E-state index in [0.717, 1.165) is 27.1 Å². The first-order valence-electron chi connectivity index (χ1n) is 8.74. The van der Waals surface area contributed by atoms with Gasteiger partial charge in [-0.2, -0.15) is 0 Å². The van der Waals surface area contributed by atoms with Crippen LogP contribution in [0.2, 0.25) is 0 Å². The van der Waals surface area contributed by atoms with Gasteiger partial charge in [0.15, 0.2) is 0 Å². The number of carboxylic acids is 1. The Morgan fingerprint density at radius 2 is 1.65 bits per heavy atom. The molecule has 1 heterocycles. The lowest BCUT2D eigenvalue weighted by atomic mass is 10.0. The molecule has 0 atom stereocenters. The van der Waals surface area contributed by atoms with Crippen molar-refractivity contribution in [3.63, 3.8) is 0 Å². The average molecular weight is 412 g/mol. The summed E-state index contributed by atoms with van der Waals surface area (Å²) in [5, 5.41) is 9.07. The zero-order valence-corrected chi connectivity index (χ0v) is 16.5. The van der Waals surface area contributed by atoms with Crippen LogP contribution in [0, 0.1) is 0 Å². The first kappa shape index (κ1) is 18.5. The Kier molecular flexibility index (Phi) is 5.62. The third kappa shape index (κ3) is 4.07. The molecule has 0 saturated carbocycles. The second-order valence-electron chi connectivity index (χ2n) is 6.69. The quantitative estimate of drug-likeness (QED) is 0.536. The monoisotopic (exact) mass is 411 g/mol. The molecule has 134 valence electrons. The lowest BCUT2D eigenvalue weighted by Crippen LogP contribution is -2.05. The van der Waals surface area contributed by atoms with Crippen LogP contribution in [0.1, 0.15) is 37.4 Å². The zero-order chi connectivity index (χ0) is 18.7. The van der Waals surface area contributed by atoms with Crippen LogP contribution in [-0.4, -0.2) is 15.6 Å². The van der Waals surface area contributed by atoms with Crippen molar-refractivity contribution in [2.45, 2.75) is 32.6 Å². The molecule has 0 aliphatic carbocycles. The molecule has 0 amide bonds. The van der Waals surface area contributed by atoms with E-state index in [-0.39, 0.29) is 6.42 Å². The van der Waals surface area contributed by atoms with Gasteiger partial charge in [0.25, 0.3) is 0 Å². The van der Waals surface area contributed by atoms with Crippen LogP contribution in [0.3, 0.4) is 0 Å². The van der Waals surface area contributed by atoms with Crippen LogP contribution in [0.4, 0.5) is 0 Å². The summed E-state index contributed by atoms with van der Waals surface area (Å²) < 4.78 is 3.20. The molecule has 0 spiro atoms. The minimum atomic E-state index is -0.780. The summed E-state index contributed by atoms with van der Waals surface area (Å²) in [4.78, 5) is 11.0. The molecule has 1 N–H and O–H groups in total. The summed E-state index contributed by atoms with van der Waals surface area (Å²) >= 11 is 3.48. The maximum Gasteiger partial charge on any atom is 0.303 e. The second-order valence-corrected chi connectivity index (χ2v) is 7.61. The Balaban J connectivity index is 2.07. The molecule has 0 bridgehead atoms. The maximum atomic E-state index is 11.0. The van der Waals surface area contributed by atoms with Crippen LogP contribution in [-0.2, 0) is 11.2 Å². The number of rotatable bonds is 6. The highest BCUT2D eigenvalue weighted by Crippen LogP contribution is 2.29. The molecule has 0 aliphatic rings. The molecule has 3 aromatic rings. The number of carbonyl (C=O) groups is 1. The molecule has 0 saturated heterocycles. The molecule has 3 rings (SSSR count). The molecular weight excluding hydrogens is 390 g/mol. The van der Waals surface area contributed by atoms with Gasteiger partial charge in [-0.1, -0.05) is 54.0 Å². The number of carboxylic acid groups (broad SMARTS) is 1. The van der Waals surface area contributed by atoms with Crippen LogP contribution >= 0.6 is 15.9 Å². The molecule has 26 heavy (non-hydrogen) atoms. The van der Waals surface area contributed by atoms with Crippen molar-refractivity contribution < 1.29 is 9.90 Å². The summed E-state index contributed by atoms with van der Waals surface area (Å²) in [6.07, 6.45) is 0.617. The summed E-state index contributed by atoms with van der Waals surface area (Å²) in [6.45, 7) is 4.35. The van der Waals surface area contributed by atoms with Crippen LogP contribution in [0.5, 0.6) is 0 Å². The summed E-state index contributed by atoms with van der Waals surface area (Å²) in [7, 11) is 0.